The number of aliphatic hydroxyl groups excluding tert-OH is 1. The lowest BCUT2D eigenvalue weighted by atomic mass is 9.46. The number of carbonyl (C=O) groups is 1. The molecule has 0 aromatic heterocycles. The number of rotatable bonds is 5. The van der Waals surface area contributed by atoms with Crippen molar-refractivity contribution in [2.75, 3.05) is 0 Å². The summed E-state index contributed by atoms with van der Waals surface area (Å²) in [5.41, 5.74) is -1.04. The number of allylic oxidation sites excluding steroid dienone is 1. The van der Waals surface area contributed by atoms with E-state index in [1.807, 2.05) is 0 Å². The van der Waals surface area contributed by atoms with Crippen LogP contribution in [0.4, 0.5) is 0 Å². The molecule has 0 saturated heterocycles. The van der Waals surface area contributed by atoms with Crippen molar-refractivity contribution in [2.24, 2.45) is 22.7 Å². The van der Waals surface area contributed by atoms with Gasteiger partial charge >= 0.3 is 5.97 Å². The Morgan fingerprint density at radius 3 is 2.58 bits per heavy atom. The molecule has 0 amide bonds. The standard InChI is InChI=1S/C20H32O4/c1-6-18(3,24)10-9-15-13(2)7-8-16-19(15,4)11-14(21)12-20(16,5)17(22)23/h6,14-16,21,24H,1-2,7-12H2,3-5H3,(H,22,23)/t14-,15+,16-,18+,19-,20+/m1/s1. The van der Waals surface area contributed by atoms with Crippen LogP contribution in [0.2, 0.25) is 0 Å². The molecule has 2 aliphatic carbocycles. The minimum Gasteiger partial charge on any atom is -0.481 e. The molecule has 2 fully saturated rings. The van der Waals surface area contributed by atoms with Crippen LogP contribution in [0.5, 0.6) is 0 Å². The van der Waals surface area contributed by atoms with E-state index in [2.05, 4.69) is 20.1 Å². The normalized spacial score (nSPS) is 42.0. The van der Waals surface area contributed by atoms with E-state index in [-0.39, 0.29) is 17.3 Å². The second-order valence-corrected chi connectivity index (χ2v) is 8.69. The van der Waals surface area contributed by atoms with Crippen LogP contribution in [0.3, 0.4) is 0 Å². The van der Waals surface area contributed by atoms with Crippen LogP contribution >= 0.6 is 0 Å². The van der Waals surface area contributed by atoms with Gasteiger partial charge in [-0.1, -0.05) is 25.2 Å². The highest BCUT2D eigenvalue weighted by molar-refractivity contribution is 5.75. The molecule has 0 radical (unpaired) electrons. The quantitative estimate of drug-likeness (QED) is 0.671. The van der Waals surface area contributed by atoms with Gasteiger partial charge in [-0.25, -0.2) is 0 Å². The average Bonchev–Trinajstić information content (AvgIpc) is 2.45. The van der Waals surface area contributed by atoms with E-state index >= 15 is 0 Å². The molecule has 136 valence electrons. The van der Waals surface area contributed by atoms with Crippen molar-refractivity contribution in [3.63, 3.8) is 0 Å². The molecule has 0 aliphatic heterocycles. The first-order chi connectivity index (χ1) is 11.0. The van der Waals surface area contributed by atoms with Crippen LogP contribution in [0, 0.1) is 22.7 Å². The molecule has 6 atom stereocenters. The summed E-state index contributed by atoms with van der Waals surface area (Å²) in [4.78, 5) is 12.0. The Kier molecular flexibility index (Phi) is 5.04. The number of hydrogen-bond donors (Lipinski definition) is 3. The van der Waals surface area contributed by atoms with Crippen molar-refractivity contribution in [3.05, 3.63) is 24.8 Å². The highest BCUT2D eigenvalue weighted by Crippen LogP contribution is 2.62. The molecule has 4 heteroatoms. The summed E-state index contributed by atoms with van der Waals surface area (Å²) < 4.78 is 0. The smallest absolute Gasteiger partial charge is 0.309 e. The summed E-state index contributed by atoms with van der Waals surface area (Å²) in [6.45, 7) is 13.6. The predicted molar refractivity (Wildman–Crippen MR) is 94.5 cm³/mol. The zero-order chi connectivity index (χ0) is 18.3. The Balaban J connectivity index is 2.35. The molecule has 0 bridgehead atoms. The van der Waals surface area contributed by atoms with E-state index in [4.69, 9.17) is 0 Å². The molecule has 0 spiro atoms. The van der Waals surface area contributed by atoms with Gasteiger partial charge in [0.2, 0.25) is 0 Å². The third-order valence-corrected chi connectivity index (χ3v) is 6.81. The molecule has 2 rings (SSSR count). The van der Waals surface area contributed by atoms with Crippen molar-refractivity contribution < 1.29 is 20.1 Å². The van der Waals surface area contributed by atoms with Gasteiger partial charge in [-0.2, -0.15) is 0 Å². The van der Waals surface area contributed by atoms with Gasteiger partial charge in [-0.15, -0.1) is 6.58 Å². The predicted octanol–water partition coefficient (Wildman–Crippen LogP) is 3.54. The fraction of sp³-hybridized carbons (Fsp3) is 0.750. The number of hydrogen-bond acceptors (Lipinski definition) is 3. The van der Waals surface area contributed by atoms with Crippen molar-refractivity contribution in [1.82, 2.24) is 0 Å². The monoisotopic (exact) mass is 336 g/mol. The fourth-order valence-corrected chi connectivity index (χ4v) is 5.39. The molecule has 2 aliphatic rings. The molecule has 0 unspecified atom stereocenters. The first-order valence-electron chi connectivity index (χ1n) is 8.91. The van der Waals surface area contributed by atoms with Crippen LogP contribution in [0.25, 0.3) is 0 Å². The summed E-state index contributed by atoms with van der Waals surface area (Å²) in [7, 11) is 0. The lowest BCUT2D eigenvalue weighted by Crippen LogP contribution is -2.56. The Morgan fingerprint density at radius 1 is 1.42 bits per heavy atom. The van der Waals surface area contributed by atoms with Crippen LogP contribution in [0.15, 0.2) is 24.8 Å². The first kappa shape index (κ1) is 19.2. The molecular weight excluding hydrogens is 304 g/mol. The van der Waals surface area contributed by atoms with Crippen LogP contribution in [-0.2, 0) is 4.79 Å². The van der Waals surface area contributed by atoms with Gasteiger partial charge in [0.1, 0.15) is 0 Å². The van der Waals surface area contributed by atoms with E-state index in [0.29, 0.717) is 19.3 Å². The topological polar surface area (TPSA) is 77.8 Å². The Labute approximate surface area is 145 Å². The van der Waals surface area contributed by atoms with Gasteiger partial charge < -0.3 is 15.3 Å². The third kappa shape index (κ3) is 3.18. The van der Waals surface area contributed by atoms with Crippen molar-refractivity contribution in [3.8, 4) is 0 Å². The van der Waals surface area contributed by atoms with Gasteiger partial charge in [0, 0.05) is 0 Å². The summed E-state index contributed by atoms with van der Waals surface area (Å²) in [6.07, 6.45) is 4.76. The van der Waals surface area contributed by atoms with E-state index in [9.17, 15) is 20.1 Å². The zero-order valence-electron chi connectivity index (χ0n) is 15.2. The Hall–Kier alpha value is -1.13. The van der Waals surface area contributed by atoms with E-state index < -0.39 is 23.1 Å². The highest BCUT2D eigenvalue weighted by Gasteiger charge is 2.59. The lowest BCUT2D eigenvalue weighted by molar-refractivity contribution is -0.173. The number of fused-ring (bicyclic) bond motifs is 1. The molecule has 0 aromatic rings. The maximum Gasteiger partial charge on any atom is 0.309 e. The zero-order valence-corrected chi connectivity index (χ0v) is 15.2. The summed E-state index contributed by atoms with van der Waals surface area (Å²) >= 11 is 0. The summed E-state index contributed by atoms with van der Waals surface area (Å²) in [6, 6.07) is 0. The van der Waals surface area contributed by atoms with Gasteiger partial charge in [0.25, 0.3) is 0 Å². The largest absolute Gasteiger partial charge is 0.481 e. The third-order valence-electron chi connectivity index (χ3n) is 6.81. The molecule has 24 heavy (non-hydrogen) atoms. The minimum absolute atomic E-state index is 0.00933. The maximum absolute atomic E-state index is 12.0. The Bertz CT molecular complexity index is 538. The summed E-state index contributed by atoms with van der Waals surface area (Å²) in [5, 5.41) is 30.5. The van der Waals surface area contributed by atoms with Gasteiger partial charge in [-0.05, 0) is 69.6 Å². The lowest BCUT2D eigenvalue weighted by Gasteiger charge is -2.58. The van der Waals surface area contributed by atoms with Gasteiger partial charge in [0.15, 0.2) is 0 Å². The first-order valence-corrected chi connectivity index (χ1v) is 8.91. The van der Waals surface area contributed by atoms with Crippen molar-refractivity contribution in [1.29, 1.82) is 0 Å². The van der Waals surface area contributed by atoms with Crippen LogP contribution in [-0.4, -0.2) is 33.0 Å². The highest BCUT2D eigenvalue weighted by atomic mass is 16.4. The fourth-order valence-electron chi connectivity index (χ4n) is 5.39. The second kappa shape index (κ2) is 6.30. The average molecular weight is 336 g/mol. The number of carboxylic acid groups (broad SMARTS) is 1. The molecule has 0 heterocycles. The molecule has 3 N–H and O–H groups in total. The molecule has 2 saturated carbocycles. The second-order valence-electron chi connectivity index (χ2n) is 8.69. The summed E-state index contributed by atoms with van der Waals surface area (Å²) in [5.74, 6) is -0.701. The number of aliphatic hydroxyl groups is 2. The van der Waals surface area contributed by atoms with Crippen molar-refractivity contribution >= 4 is 5.97 Å². The van der Waals surface area contributed by atoms with E-state index in [1.165, 1.54) is 0 Å². The molecule has 4 nitrogen and oxygen atoms in total. The molecular formula is C20H32O4. The van der Waals surface area contributed by atoms with Gasteiger partial charge in [0.05, 0.1) is 17.1 Å². The van der Waals surface area contributed by atoms with Gasteiger partial charge in [-0.3, -0.25) is 4.79 Å². The minimum atomic E-state index is -0.938. The number of carboxylic acids is 1. The van der Waals surface area contributed by atoms with Crippen LogP contribution < -0.4 is 0 Å². The maximum atomic E-state index is 12.0. The molecule has 0 aromatic carbocycles. The van der Waals surface area contributed by atoms with Crippen molar-refractivity contribution in [2.45, 2.75) is 71.0 Å². The van der Waals surface area contributed by atoms with E-state index in [0.717, 1.165) is 24.8 Å². The number of aliphatic carboxylic acids is 1. The SMILES string of the molecule is C=C[C@](C)(O)CC[C@H]1C(=C)CC[C@@H]2[C@]1(C)C[C@@H](O)C[C@]2(C)C(=O)O. The Morgan fingerprint density at radius 2 is 2.04 bits per heavy atom. The van der Waals surface area contributed by atoms with E-state index in [1.54, 1.807) is 19.9 Å². The van der Waals surface area contributed by atoms with Crippen LogP contribution in [0.1, 0.15) is 59.3 Å².